The first-order chi connectivity index (χ1) is 15.5. The molecule has 0 radical (unpaired) electrons. The van der Waals surface area contributed by atoms with Crippen LogP contribution in [0, 0.1) is 6.92 Å². The van der Waals surface area contributed by atoms with Crippen LogP contribution in [0.3, 0.4) is 0 Å². The van der Waals surface area contributed by atoms with E-state index in [4.69, 9.17) is 5.11 Å². The van der Waals surface area contributed by atoms with Crippen molar-refractivity contribution in [2.45, 2.75) is 19.5 Å². The predicted molar refractivity (Wildman–Crippen MR) is 115 cm³/mol. The molecule has 1 heterocycles. The standard InChI is InChI=1S/C23H18F3N3O4/c1-13-9-18(19(29-22(32)33)11-17(13)23(24,25)26)28-21(31)12-20(30)16-4-2-3-15(10-16)14-5-7-27-8-6-14/h2-11,29H,12H2,1H3,(H,28,31)(H,32,33). The number of aromatic nitrogens is 1. The third-order valence-corrected chi connectivity index (χ3v) is 4.70. The lowest BCUT2D eigenvalue weighted by atomic mass is 10.0. The number of hydrogen-bond acceptors (Lipinski definition) is 4. The number of alkyl halides is 3. The van der Waals surface area contributed by atoms with Crippen molar-refractivity contribution in [1.29, 1.82) is 0 Å². The quantitative estimate of drug-likeness (QED) is 0.340. The summed E-state index contributed by atoms with van der Waals surface area (Å²) < 4.78 is 39.5. The molecule has 0 atom stereocenters. The monoisotopic (exact) mass is 457 g/mol. The van der Waals surface area contributed by atoms with Crippen molar-refractivity contribution in [3.8, 4) is 11.1 Å². The van der Waals surface area contributed by atoms with E-state index in [0.29, 0.717) is 6.07 Å². The molecule has 0 bridgehead atoms. The maximum absolute atomic E-state index is 13.2. The van der Waals surface area contributed by atoms with Gasteiger partial charge in [0.2, 0.25) is 5.91 Å². The van der Waals surface area contributed by atoms with Gasteiger partial charge < -0.3 is 10.4 Å². The molecule has 0 unspecified atom stereocenters. The van der Waals surface area contributed by atoms with Crippen molar-refractivity contribution >= 4 is 29.2 Å². The molecule has 0 saturated heterocycles. The zero-order valence-electron chi connectivity index (χ0n) is 17.2. The van der Waals surface area contributed by atoms with Gasteiger partial charge in [-0.1, -0.05) is 18.2 Å². The van der Waals surface area contributed by atoms with Crippen molar-refractivity contribution in [2.24, 2.45) is 0 Å². The fourth-order valence-electron chi connectivity index (χ4n) is 3.19. The van der Waals surface area contributed by atoms with Crippen LogP contribution in [-0.2, 0) is 11.0 Å². The largest absolute Gasteiger partial charge is 0.465 e. The molecule has 0 aliphatic rings. The lowest BCUT2D eigenvalue weighted by Crippen LogP contribution is -2.19. The minimum Gasteiger partial charge on any atom is -0.465 e. The number of nitrogens with one attached hydrogen (secondary N) is 2. The third kappa shape index (κ3) is 5.94. The van der Waals surface area contributed by atoms with Gasteiger partial charge in [0.25, 0.3) is 0 Å². The van der Waals surface area contributed by atoms with Crippen LogP contribution in [0.25, 0.3) is 11.1 Å². The van der Waals surface area contributed by atoms with Gasteiger partial charge >= 0.3 is 12.3 Å². The Labute approximate surface area is 186 Å². The Morgan fingerprint density at radius 2 is 1.61 bits per heavy atom. The number of pyridine rings is 1. The second-order valence-electron chi connectivity index (χ2n) is 7.11. The summed E-state index contributed by atoms with van der Waals surface area (Å²) in [4.78, 5) is 40.0. The number of hydrogen-bond donors (Lipinski definition) is 3. The summed E-state index contributed by atoms with van der Waals surface area (Å²) in [7, 11) is 0. The molecule has 7 nitrogen and oxygen atoms in total. The van der Waals surface area contributed by atoms with Gasteiger partial charge in [-0.3, -0.25) is 19.9 Å². The molecule has 3 aromatic rings. The van der Waals surface area contributed by atoms with Crippen molar-refractivity contribution in [1.82, 2.24) is 4.98 Å². The Hall–Kier alpha value is -4.21. The molecule has 0 aliphatic heterocycles. The van der Waals surface area contributed by atoms with Crippen molar-refractivity contribution in [3.05, 3.63) is 77.6 Å². The second-order valence-corrected chi connectivity index (χ2v) is 7.11. The van der Waals surface area contributed by atoms with Crippen LogP contribution in [0.5, 0.6) is 0 Å². The summed E-state index contributed by atoms with van der Waals surface area (Å²) in [6, 6.07) is 11.7. The van der Waals surface area contributed by atoms with Crippen LogP contribution in [-0.4, -0.2) is 27.9 Å². The maximum atomic E-state index is 13.2. The first kappa shape index (κ1) is 23.5. The number of nitrogens with zero attached hydrogens (tertiary/aromatic N) is 1. The summed E-state index contributed by atoms with van der Waals surface area (Å²) in [5.74, 6) is -1.32. The fourth-order valence-corrected chi connectivity index (χ4v) is 3.19. The molecule has 2 amide bonds. The molecule has 0 aliphatic carbocycles. The number of carboxylic acid groups (broad SMARTS) is 1. The number of carbonyl (C=O) groups excluding carboxylic acids is 2. The number of aryl methyl sites for hydroxylation is 1. The van der Waals surface area contributed by atoms with Crippen LogP contribution in [0.1, 0.15) is 27.9 Å². The maximum Gasteiger partial charge on any atom is 0.416 e. The minimum atomic E-state index is -4.71. The average molecular weight is 457 g/mol. The van der Waals surface area contributed by atoms with Gasteiger partial charge in [-0.05, 0) is 53.9 Å². The van der Waals surface area contributed by atoms with Crippen LogP contribution in [0.15, 0.2) is 60.9 Å². The average Bonchev–Trinajstić information content (AvgIpc) is 2.75. The number of Topliss-reactive ketones (excluding diaryl/α,β-unsaturated/α-hetero) is 1. The number of benzene rings is 2. The van der Waals surface area contributed by atoms with Crippen LogP contribution in [0.2, 0.25) is 0 Å². The Morgan fingerprint density at radius 1 is 0.939 bits per heavy atom. The summed E-state index contributed by atoms with van der Waals surface area (Å²) in [5, 5.41) is 13.1. The van der Waals surface area contributed by atoms with Gasteiger partial charge in [0, 0.05) is 18.0 Å². The molecule has 0 saturated carbocycles. The number of carbonyl (C=O) groups is 3. The Bertz CT molecular complexity index is 1210. The Kier molecular flexibility index (Phi) is 6.76. The lowest BCUT2D eigenvalue weighted by Gasteiger charge is -2.17. The SMILES string of the molecule is Cc1cc(NC(=O)CC(=O)c2cccc(-c3ccncc3)c2)c(NC(=O)O)cc1C(F)(F)F. The summed E-state index contributed by atoms with van der Waals surface area (Å²) in [6.07, 6.45) is -3.70. The highest BCUT2D eigenvalue weighted by Crippen LogP contribution is 2.37. The molecule has 33 heavy (non-hydrogen) atoms. The van der Waals surface area contributed by atoms with Crippen molar-refractivity contribution in [2.75, 3.05) is 10.6 Å². The number of anilines is 2. The number of rotatable bonds is 6. The summed E-state index contributed by atoms with van der Waals surface area (Å²) in [5.41, 5.74) is -0.0684. The van der Waals surface area contributed by atoms with Gasteiger partial charge in [-0.2, -0.15) is 13.2 Å². The molecule has 10 heteroatoms. The van der Waals surface area contributed by atoms with E-state index >= 15 is 0 Å². The van der Waals surface area contributed by atoms with Gasteiger partial charge in [-0.25, -0.2) is 4.79 Å². The molecule has 2 aromatic carbocycles. The fraction of sp³-hybridized carbons (Fsp3) is 0.130. The summed E-state index contributed by atoms with van der Waals surface area (Å²) in [6.45, 7) is 1.18. The molecular formula is C23H18F3N3O4. The van der Waals surface area contributed by atoms with Crippen LogP contribution < -0.4 is 10.6 Å². The second kappa shape index (κ2) is 9.51. The van der Waals surface area contributed by atoms with Gasteiger partial charge in [-0.15, -0.1) is 0 Å². The van der Waals surface area contributed by atoms with Gasteiger partial charge in [0.05, 0.1) is 23.4 Å². The van der Waals surface area contributed by atoms with Gasteiger partial charge in [0.15, 0.2) is 5.78 Å². The highest BCUT2D eigenvalue weighted by molar-refractivity contribution is 6.12. The van der Waals surface area contributed by atoms with E-state index in [-0.39, 0.29) is 16.8 Å². The third-order valence-electron chi connectivity index (χ3n) is 4.70. The number of halogens is 3. The molecule has 3 N–H and O–H groups in total. The van der Waals surface area contributed by atoms with E-state index in [1.165, 1.54) is 6.92 Å². The number of ketones is 1. The van der Waals surface area contributed by atoms with E-state index in [1.54, 1.807) is 48.8 Å². The van der Waals surface area contributed by atoms with Gasteiger partial charge in [0.1, 0.15) is 0 Å². The molecular weight excluding hydrogens is 439 g/mol. The Morgan fingerprint density at radius 3 is 2.24 bits per heavy atom. The number of amides is 2. The lowest BCUT2D eigenvalue weighted by molar-refractivity contribution is -0.138. The zero-order valence-corrected chi connectivity index (χ0v) is 17.2. The topological polar surface area (TPSA) is 108 Å². The predicted octanol–water partition coefficient (Wildman–Crippen LogP) is 5.38. The zero-order chi connectivity index (χ0) is 24.2. The highest BCUT2D eigenvalue weighted by Gasteiger charge is 2.33. The van der Waals surface area contributed by atoms with Crippen molar-refractivity contribution in [3.63, 3.8) is 0 Å². The molecule has 1 aromatic heterocycles. The van der Waals surface area contributed by atoms with Crippen LogP contribution >= 0.6 is 0 Å². The Balaban J connectivity index is 1.80. The minimum absolute atomic E-state index is 0.189. The summed E-state index contributed by atoms with van der Waals surface area (Å²) >= 11 is 0. The first-order valence-electron chi connectivity index (χ1n) is 9.60. The first-order valence-corrected chi connectivity index (χ1v) is 9.60. The van der Waals surface area contributed by atoms with E-state index in [1.807, 2.05) is 5.32 Å². The van der Waals surface area contributed by atoms with E-state index in [9.17, 15) is 27.6 Å². The molecule has 170 valence electrons. The smallest absolute Gasteiger partial charge is 0.416 e. The molecule has 0 fully saturated rings. The van der Waals surface area contributed by atoms with E-state index in [0.717, 1.165) is 17.2 Å². The molecule has 0 spiro atoms. The normalized spacial score (nSPS) is 11.0. The van der Waals surface area contributed by atoms with Crippen LogP contribution in [0.4, 0.5) is 29.3 Å². The van der Waals surface area contributed by atoms with E-state index in [2.05, 4.69) is 10.3 Å². The van der Waals surface area contributed by atoms with Crippen molar-refractivity contribution < 1.29 is 32.7 Å². The van der Waals surface area contributed by atoms with E-state index < -0.39 is 41.6 Å². The highest BCUT2D eigenvalue weighted by atomic mass is 19.4. The molecule has 3 rings (SSSR count).